The summed E-state index contributed by atoms with van der Waals surface area (Å²) >= 11 is 0. The zero-order valence-electron chi connectivity index (χ0n) is 19.2. The molecule has 8 nitrogen and oxygen atoms in total. The van der Waals surface area contributed by atoms with Crippen LogP contribution in [0.1, 0.15) is 17.7 Å². The van der Waals surface area contributed by atoms with E-state index in [0.29, 0.717) is 62.1 Å². The van der Waals surface area contributed by atoms with Gasteiger partial charge in [-0.1, -0.05) is 0 Å². The second kappa shape index (κ2) is 10.1. The Labute approximate surface area is 197 Å². The number of benzene rings is 1. The monoisotopic (exact) mass is 468 g/mol. The average Bonchev–Trinajstić information content (AvgIpc) is 2.87. The van der Waals surface area contributed by atoms with Gasteiger partial charge < -0.3 is 29.5 Å². The molecule has 1 saturated heterocycles. The van der Waals surface area contributed by atoms with Crippen molar-refractivity contribution in [3.05, 3.63) is 53.7 Å². The van der Waals surface area contributed by atoms with E-state index in [9.17, 15) is 9.50 Å². The number of aromatic nitrogens is 2. The van der Waals surface area contributed by atoms with Crippen molar-refractivity contribution >= 4 is 10.9 Å². The maximum atomic E-state index is 14.6. The topological polar surface area (TPSA) is 89.0 Å². The van der Waals surface area contributed by atoms with Crippen molar-refractivity contribution in [1.82, 2.24) is 20.2 Å². The highest BCUT2D eigenvalue weighted by Crippen LogP contribution is 2.29. The number of likely N-dealkylation sites (tertiary alicyclic amines) is 1. The van der Waals surface area contributed by atoms with Gasteiger partial charge in [0.25, 0.3) is 0 Å². The maximum Gasteiger partial charge on any atom is 0.179 e. The number of β-amino-alcohol motifs (C(OH)–C–C–N with tert-alkyl or cyclic N) is 1. The zero-order chi connectivity index (χ0) is 23.5. The molecule has 0 bridgehead atoms. The Morgan fingerprint density at radius 3 is 2.85 bits per heavy atom. The van der Waals surface area contributed by atoms with Crippen molar-refractivity contribution in [2.24, 2.45) is 0 Å². The SMILES string of the molecule is COc1ccc2ncc(F)c(CCN3CC[C@H](NCc4cc5c(cn4)OCCO5)[C@@H](O)C3)c2c1. The van der Waals surface area contributed by atoms with Gasteiger partial charge in [0.15, 0.2) is 11.5 Å². The number of ether oxygens (including phenoxy) is 3. The van der Waals surface area contributed by atoms with Gasteiger partial charge in [0, 0.05) is 42.7 Å². The number of nitrogens with zero attached hydrogens (tertiary/aromatic N) is 3. The molecule has 5 rings (SSSR count). The normalized spacial score (nSPS) is 20.4. The van der Waals surface area contributed by atoms with Crippen LogP contribution in [0.2, 0.25) is 0 Å². The molecule has 180 valence electrons. The molecular weight excluding hydrogens is 439 g/mol. The van der Waals surface area contributed by atoms with Gasteiger partial charge in [-0.05, 0) is 37.6 Å². The van der Waals surface area contributed by atoms with E-state index in [1.165, 1.54) is 6.20 Å². The minimum atomic E-state index is -0.523. The summed E-state index contributed by atoms with van der Waals surface area (Å²) in [5.74, 6) is 1.74. The summed E-state index contributed by atoms with van der Waals surface area (Å²) in [5.41, 5.74) is 2.21. The highest BCUT2D eigenvalue weighted by molar-refractivity contribution is 5.83. The lowest BCUT2D eigenvalue weighted by atomic mass is 10.00. The van der Waals surface area contributed by atoms with Crippen LogP contribution in [0.5, 0.6) is 17.2 Å². The summed E-state index contributed by atoms with van der Waals surface area (Å²) in [6, 6.07) is 7.35. The lowest BCUT2D eigenvalue weighted by Gasteiger charge is -2.36. The van der Waals surface area contributed by atoms with Gasteiger partial charge >= 0.3 is 0 Å². The van der Waals surface area contributed by atoms with Crippen LogP contribution >= 0.6 is 0 Å². The van der Waals surface area contributed by atoms with Gasteiger partial charge in [-0.25, -0.2) is 4.39 Å². The van der Waals surface area contributed by atoms with Crippen molar-refractivity contribution < 1.29 is 23.7 Å². The first kappa shape index (κ1) is 22.8. The molecule has 0 aliphatic carbocycles. The third-order valence-corrected chi connectivity index (χ3v) is 6.51. The van der Waals surface area contributed by atoms with Crippen molar-refractivity contribution in [1.29, 1.82) is 0 Å². The molecular formula is C25H29FN4O4. The van der Waals surface area contributed by atoms with Crippen molar-refractivity contribution in [3.8, 4) is 17.2 Å². The smallest absolute Gasteiger partial charge is 0.179 e. The standard InChI is InChI=1S/C25H29FN4O4/c1-32-17-2-3-21-19(11-17)18(20(26)13-29-21)4-6-30-7-5-22(23(31)15-30)28-12-16-10-24-25(14-27-16)34-9-8-33-24/h2-3,10-11,13-14,22-23,28,31H,4-9,12,15H2,1H3/t22-,23-/m0/s1. The number of rotatable bonds is 7. The van der Waals surface area contributed by atoms with Crippen LogP contribution in [0.4, 0.5) is 4.39 Å². The van der Waals surface area contributed by atoms with Crippen LogP contribution < -0.4 is 19.5 Å². The van der Waals surface area contributed by atoms with Gasteiger partial charge in [-0.3, -0.25) is 9.97 Å². The van der Waals surface area contributed by atoms with E-state index in [-0.39, 0.29) is 11.9 Å². The Kier molecular flexibility index (Phi) is 6.75. The van der Waals surface area contributed by atoms with E-state index >= 15 is 0 Å². The largest absolute Gasteiger partial charge is 0.497 e. The molecule has 2 aromatic heterocycles. The fourth-order valence-electron chi connectivity index (χ4n) is 4.61. The molecule has 0 radical (unpaired) electrons. The van der Waals surface area contributed by atoms with Crippen LogP contribution in [0.25, 0.3) is 10.9 Å². The number of piperidine rings is 1. The third-order valence-electron chi connectivity index (χ3n) is 6.51. The predicted molar refractivity (Wildman–Crippen MR) is 125 cm³/mol. The summed E-state index contributed by atoms with van der Waals surface area (Å²) in [6.07, 6.45) is 3.76. The van der Waals surface area contributed by atoms with Gasteiger partial charge in [0.1, 0.15) is 24.8 Å². The van der Waals surface area contributed by atoms with Gasteiger partial charge in [0.2, 0.25) is 0 Å². The van der Waals surface area contributed by atoms with Crippen molar-refractivity contribution in [2.75, 3.05) is 40.0 Å². The molecule has 2 N–H and O–H groups in total. The maximum absolute atomic E-state index is 14.6. The highest BCUT2D eigenvalue weighted by Gasteiger charge is 2.27. The molecule has 0 spiro atoms. The molecule has 1 aromatic carbocycles. The zero-order valence-corrected chi connectivity index (χ0v) is 19.2. The number of pyridine rings is 2. The molecule has 3 aromatic rings. The minimum absolute atomic E-state index is 0.0333. The molecule has 9 heteroatoms. The first-order chi connectivity index (χ1) is 16.6. The van der Waals surface area contributed by atoms with E-state index in [4.69, 9.17) is 14.2 Å². The molecule has 2 atom stereocenters. The minimum Gasteiger partial charge on any atom is -0.497 e. The summed E-state index contributed by atoms with van der Waals surface area (Å²) in [7, 11) is 1.59. The van der Waals surface area contributed by atoms with Crippen LogP contribution in [-0.4, -0.2) is 72.1 Å². The molecule has 4 heterocycles. The fourth-order valence-corrected chi connectivity index (χ4v) is 4.61. The lowest BCUT2D eigenvalue weighted by molar-refractivity contribution is 0.0402. The summed E-state index contributed by atoms with van der Waals surface area (Å²) in [6.45, 7) is 3.61. The number of aliphatic hydroxyl groups is 1. The Bertz CT molecular complexity index is 1160. The number of aliphatic hydroxyl groups excluding tert-OH is 1. The first-order valence-corrected chi connectivity index (χ1v) is 11.6. The molecule has 34 heavy (non-hydrogen) atoms. The van der Waals surface area contributed by atoms with Crippen LogP contribution in [-0.2, 0) is 13.0 Å². The molecule has 0 unspecified atom stereocenters. The number of hydrogen-bond acceptors (Lipinski definition) is 8. The van der Waals surface area contributed by atoms with Gasteiger partial charge in [0.05, 0.1) is 36.8 Å². The summed E-state index contributed by atoms with van der Waals surface area (Å²) < 4.78 is 31.0. The predicted octanol–water partition coefficient (Wildman–Crippen LogP) is 2.32. The second-order valence-electron chi connectivity index (χ2n) is 8.68. The molecule has 0 saturated carbocycles. The molecule has 2 aliphatic rings. The summed E-state index contributed by atoms with van der Waals surface area (Å²) in [4.78, 5) is 10.8. The van der Waals surface area contributed by atoms with Crippen LogP contribution in [0.3, 0.4) is 0 Å². The molecule has 1 fully saturated rings. The van der Waals surface area contributed by atoms with Gasteiger partial charge in [-0.15, -0.1) is 0 Å². The molecule has 0 amide bonds. The highest BCUT2D eigenvalue weighted by atomic mass is 19.1. The Hall–Kier alpha value is -3.01. The summed E-state index contributed by atoms with van der Waals surface area (Å²) in [5, 5.41) is 14.9. The number of nitrogens with one attached hydrogen (secondary N) is 1. The molecule has 2 aliphatic heterocycles. The van der Waals surface area contributed by atoms with Crippen LogP contribution in [0.15, 0.2) is 36.7 Å². The number of methoxy groups -OCH3 is 1. The van der Waals surface area contributed by atoms with Crippen molar-refractivity contribution in [2.45, 2.75) is 31.5 Å². The van der Waals surface area contributed by atoms with E-state index in [1.807, 2.05) is 24.3 Å². The Morgan fingerprint density at radius 1 is 1.18 bits per heavy atom. The second-order valence-corrected chi connectivity index (χ2v) is 8.68. The Balaban J connectivity index is 1.16. The lowest BCUT2D eigenvalue weighted by Crippen LogP contribution is -2.52. The van der Waals surface area contributed by atoms with Crippen LogP contribution in [0, 0.1) is 5.82 Å². The van der Waals surface area contributed by atoms with Gasteiger partial charge in [-0.2, -0.15) is 0 Å². The number of fused-ring (bicyclic) bond motifs is 2. The number of hydrogen-bond donors (Lipinski definition) is 2. The van der Waals surface area contributed by atoms with E-state index in [1.54, 1.807) is 13.3 Å². The van der Waals surface area contributed by atoms with E-state index < -0.39 is 6.10 Å². The Morgan fingerprint density at radius 2 is 2.03 bits per heavy atom. The average molecular weight is 469 g/mol. The first-order valence-electron chi connectivity index (χ1n) is 11.6. The fraction of sp³-hybridized carbons (Fsp3) is 0.440. The van der Waals surface area contributed by atoms with Crippen molar-refractivity contribution in [3.63, 3.8) is 0 Å². The quantitative estimate of drug-likeness (QED) is 0.546. The van der Waals surface area contributed by atoms with E-state index in [0.717, 1.165) is 29.6 Å². The van der Waals surface area contributed by atoms with E-state index in [2.05, 4.69) is 20.2 Å². The number of halogens is 1. The third kappa shape index (κ3) is 4.91.